The smallest absolute Gasteiger partial charge is 0.273 e. The summed E-state index contributed by atoms with van der Waals surface area (Å²) in [7, 11) is 3.28. The first kappa shape index (κ1) is 14.1. The molecule has 0 spiro atoms. The quantitative estimate of drug-likeness (QED) is 0.877. The molecule has 0 radical (unpaired) electrons. The number of benzene rings is 1. The summed E-state index contributed by atoms with van der Waals surface area (Å²) in [6, 6.07) is 7.95. The number of rotatable bonds is 3. The molecule has 0 saturated heterocycles. The number of hydrogen-bond acceptors (Lipinski definition) is 5. The van der Waals surface area contributed by atoms with Crippen molar-refractivity contribution in [3.63, 3.8) is 0 Å². The molecule has 2 aromatic rings. The van der Waals surface area contributed by atoms with Crippen molar-refractivity contribution in [2.24, 2.45) is 0 Å². The molecular weight excluding hydrogens is 280 g/mol. The Labute approximate surface area is 121 Å². The zero-order valence-corrected chi connectivity index (χ0v) is 11.8. The highest BCUT2D eigenvalue weighted by Crippen LogP contribution is 2.28. The van der Waals surface area contributed by atoms with E-state index < -0.39 is 0 Å². The highest BCUT2D eigenvalue weighted by molar-refractivity contribution is 6.30. The van der Waals surface area contributed by atoms with Crippen LogP contribution in [-0.4, -0.2) is 35.1 Å². The molecule has 0 aliphatic carbocycles. The summed E-state index contributed by atoms with van der Waals surface area (Å²) in [5.74, 6) is 0.388. The summed E-state index contributed by atoms with van der Waals surface area (Å²) in [5, 5.41) is 8.14. The maximum absolute atomic E-state index is 11.7. The zero-order chi connectivity index (χ0) is 14.7. The summed E-state index contributed by atoms with van der Waals surface area (Å²) in [6.07, 6.45) is 0. The maximum atomic E-state index is 11.7. The highest BCUT2D eigenvalue weighted by atomic mass is 35.5. The number of aromatic nitrogens is 2. The van der Waals surface area contributed by atoms with Crippen LogP contribution in [0.5, 0.6) is 11.6 Å². The van der Waals surface area contributed by atoms with Crippen LogP contribution >= 0.6 is 11.6 Å². The van der Waals surface area contributed by atoms with Gasteiger partial charge < -0.3 is 15.4 Å². The molecular formula is C13H13ClN4O2. The van der Waals surface area contributed by atoms with E-state index in [9.17, 15) is 4.79 Å². The topological polar surface area (TPSA) is 81.3 Å². The molecule has 0 atom stereocenters. The number of anilines is 1. The molecule has 0 saturated carbocycles. The monoisotopic (exact) mass is 292 g/mol. The average Bonchev–Trinajstić information content (AvgIpc) is 2.43. The Bertz CT molecular complexity index is 629. The number of carbonyl (C=O) groups excluding carboxylic acids is 1. The van der Waals surface area contributed by atoms with E-state index in [2.05, 4.69) is 10.2 Å². The second kappa shape index (κ2) is 5.75. The Hall–Kier alpha value is -2.34. The number of carbonyl (C=O) groups is 1. The molecule has 104 valence electrons. The van der Waals surface area contributed by atoms with Crippen LogP contribution in [0.1, 0.15) is 10.5 Å². The summed E-state index contributed by atoms with van der Waals surface area (Å²) < 4.78 is 5.48. The van der Waals surface area contributed by atoms with E-state index in [1.54, 1.807) is 38.4 Å². The largest absolute Gasteiger partial charge is 0.435 e. The van der Waals surface area contributed by atoms with Crippen LogP contribution < -0.4 is 10.5 Å². The Morgan fingerprint density at radius 3 is 2.60 bits per heavy atom. The van der Waals surface area contributed by atoms with Gasteiger partial charge in [-0.3, -0.25) is 4.79 Å². The van der Waals surface area contributed by atoms with Gasteiger partial charge in [-0.05, 0) is 18.2 Å². The number of nitrogens with two attached hydrogens (primary N) is 1. The third kappa shape index (κ3) is 3.16. The molecule has 1 aromatic heterocycles. The first-order valence-electron chi connectivity index (χ1n) is 5.75. The van der Waals surface area contributed by atoms with Crippen molar-refractivity contribution in [3.05, 3.63) is 41.0 Å². The minimum atomic E-state index is -0.230. The molecule has 0 aliphatic rings. The number of nitrogens with zero attached hydrogens (tertiary/aromatic N) is 3. The fourth-order valence-electron chi connectivity index (χ4n) is 1.43. The van der Waals surface area contributed by atoms with Gasteiger partial charge in [0.15, 0.2) is 11.4 Å². The van der Waals surface area contributed by atoms with Crippen LogP contribution in [0.3, 0.4) is 0 Å². The number of ether oxygens (including phenoxy) is 1. The molecule has 0 bridgehead atoms. The average molecular weight is 293 g/mol. The lowest BCUT2D eigenvalue weighted by Crippen LogP contribution is -2.23. The molecule has 2 rings (SSSR count). The molecule has 0 unspecified atom stereocenters. The van der Waals surface area contributed by atoms with Crippen LogP contribution in [0.15, 0.2) is 30.3 Å². The van der Waals surface area contributed by atoms with E-state index in [0.29, 0.717) is 16.5 Å². The third-order valence-corrected chi connectivity index (χ3v) is 2.69. The van der Waals surface area contributed by atoms with Crippen molar-refractivity contribution in [1.82, 2.24) is 15.1 Å². The van der Waals surface area contributed by atoms with E-state index in [1.165, 1.54) is 11.0 Å². The van der Waals surface area contributed by atoms with Crippen LogP contribution in [0.2, 0.25) is 5.02 Å². The van der Waals surface area contributed by atoms with E-state index in [0.717, 1.165) is 0 Å². The molecule has 2 N–H and O–H groups in total. The van der Waals surface area contributed by atoms with Gasteiger partial charge in [0.25, 0.3) is 5.91 Å². The predicted octanol–water partition coefficient (Wildman–Crippen LogP) is 2.21. The summed E-state index contributed by atoms with van der Waals surface area (Å²) in [6.45, 7) is 0. The predicted molar refractivity (Wildman–Crippen MR) is 76.0 cm³/mol. The van der Waals surface area contributed by atoms with E-state index >= 15 is 0 Å². The fourth-order valence-corrected chi connectivity index (χ4v) is 1.59. The van der Waals surface area contributed by atoms with Gasteiger partial charge in [-0.2, -0.15) is 0 Å². The molecule has 0 fully saturated rings. The van der Waals surface area contributed by atoms with Crippen LogP contribution in [0.25, 0.3) is 0 Å². The Morgan fingerprint density at radius 1 is 1.25 bits per heavy atom. The van der Waals surface area contributed by atoms with Crippen molar-refractivity contribution in [3.8, 4) is 11.6 Å². The van der Waals surface area contributed by atoms with Crippen molar-refractivity contribution in [2.75, 3.05) is 19.8 Å². The lowest BCUT2D eigenvalue weighted by molar-refractivity contribution is 0.0820. The number of hydrogen-bond donors (Lipinski definition) is 1. The first-order valence-corrected chi connectivity index (χ1v) is 6.13. The molecule has 0 aliphatic heterocycles. The maximum Gasteiger partial charge on any atom is 0.273 e. The van der Waals surface area contributed by atoms with Crippen molar-refractivity contribution >= 4 is 23.2 Å². The van der Waals surface area contributed by atoms with Crippen molar-refractivity contribution in [2.45, 2.75) is 0 Å². The third-order valence-electron chi connectivity index (χ3n) is 2.46. The zero-order valence-electron chi connectivity index (χ0n) is 11.0. The van der Waals surface area contributed by atoms with E-state index in [-0.39, 0.29) is 17.5 Å². The summed E-state index contributed by atoms with van der Waals surface area (Å²) in [4.78, 5) is 13.1. The number of halogens is 1. The molecule has 20 heavy (non-hydrogen) atoms. The SMILES string of the molecule is CN(C)C(=O)c1ccc(Oc2cc(Cl)ccc2N)nn1. The Balaban J connectivity index is 2.19. The van der Waals surface area contributed by atoms with Crippen LogP contribution in [0, 0.1) is 0 Å². The summed E-state index contributed by atoms with van der Waals surface area (Å²) >= 11 is 5.86. The van der Waals surface area contributed by atoms with E-state index in [1.807, 2.05) is 0 Å². The van der Waals surface area contributed by atoms with Gasteiger partial charge >= 0.3 is 0 Å². The van der Waals surface area contributed by atoms with Gasteiger partial charge in [-0.15, -0.1) is 10.2 Å². The second-order valence-electron chi connectivity index (χ2n) is 4.24. The van der Waals surface area contributed by atoms with Gasteiger partial charge in [-0.25, -0.2) is 0 Å². The normalized spacial score (nSPS) is 10.2. The molecule has 1 aromatic carbocycles. The van der Waals surface area contributed by atoms with Gasteiger partial charge in [0.05, 0.1) is 5.69 Å². The van der Waals surface area contributed by atoms with Gasteiger partial charge in [0.2, 0.25) is 5.88 Å². The minimum absolute atomic E-state index is 0.230. The fraction of sp³-hybridized carbons (Fsp3) is 0.154. The lowest BCUT2D eigenvalue weighted by Gasteiger charge is -2.10. The Morgan fingerprint density at radius 2 is 2.00 bits per heavy atom. The number of nitrogen functional groups attached to an aromatic ring is 1. The molecule has 1 heterocycles. The second-order valence-corrected chi connectivity index (χ2v) is 4.68. The lowest BCUT2D eigenvalue weighted by atomic mass is 10.3. The minimum Gasteiger partial charge on any atom is -0.435 e. The summed E-state index contributed by atoms with van der Waals surface area (Å²) in [5.41, 5.74) is 6.43. The standard InChI is InChI=1S/C13H13ClN4O2/c1-18(2)13(19)10-5-6-12(17-16-10)20-11-7-8(14)3-4-9(11)15/h3-7H,15H2,1-2H3. The van der Waals surface area contributed by atoms with Crippen LogP contribution in [-0.2, 0) is 0 Å². The molecule has 1 amide bonds. The van der Waals surface area contributed by atoms with Crippen molar-refractivity contribution in [1.29, 1.82) is 0 Å². The van der Waals surface area contributed by atoms with Gasteiger partial charge in [0, 0.05) is 31.3 Å². The van der Waals surface area contributed by atoms with Crippen molar-refractivity contribution < 1.29 is 9.53 Å². The Kier molecular flexibility index (Phi) is 4.05. The number of amides is 1. The van der Waals surface area contributed by atoms with Crippen LogP contribution in [0.4, 0.5) is 5.69 Å². The molecule has 6 nitrogen and oxygen atoms in total. The van der Waals surface area contributed by atoms with Gasteiger partial charge in [-0.1, -0.05) is 11.6 Å². The highest BCUT2D eigenvalue weighted by Gasteiger charge is 2.11. The van der Waals surface area contributed by atoms with E-state index in [4.69, 9.17) is 22.1 Å². The molecule has 7 heteroatoms. The van der Waals surface area contributed by atoms with Gasteiger partial charge in [0.1, 0.15) is 0 Å². The first-order chi connectivity index (χ1) is 9.47.